The Kier molecular flexibility index (Phi) is 6.54. The second kappa shape index (κ2) is 9.86. The summed E-state index contributed by atoms with van der Waals surface area (Å²) in [7, 11) is 0. The van der Waals surface area contributed by atoms with Crippen LogP contribution in [0, 0.1) is 0 Å². The number of hydrogen-bond donors (Lipinski definition) is 2. The third-order valence-corrected chi connectivity index (χ3v) is 5.05. The maximum atomic E-state index is 12.7. The summed E-state index contributed by atoms with van der Waals surface area (Å²) in [5.41, 5.74) is 2.58. The van der Waals surface area contributed by atoms with Crippen LogP contribution >= 0.6 is 0 Å². The number of urea groups is 1. The number of carbonyl (C=O) groups excluding carboxylic acids is 3. The number of hydrogen-bond acceptors (Lipinski definition) is 6. The smallest absolute Gasteiger partial charge is 0.338 e. The average molecular weight is 446 g/mol. The van der Waals surface area contributed by atoms with E-state index in [2.05, 4.69) is 10.6 Å². The second-order valence-electron chi connectivity index (χ2n) is 7.18. The molecule has 1 aromatic heterocycles. The van der Waals surface area contributed by atoms with E-state index in [0.717, 1.165) is 11.1 Å². The van der Waals surface area contributed by atoms with Gasteiger partial charge in [-0.1, -0.05) is 42.5 Å². The van der Waals surface area contributed by atoms with Crippen LogP contribution < -0.4 is 10.6 Å². The van der Waals surface area contributed by atoms with Crippen molar-refractivity contribution in [3.8, 4) is 11.1 Å². The normalized spacial score (nSPS) is 15.4. The number of benzene rings is 2. The average Bonchev–Trinajstić information content (AvgIpc) is 3.38. The number of esters is 2. The van der Waals surface area contributed by atoms with Crippen molar-refractivity contribution in [1.29, 1.82) is 0 Å². The molecule has 2 amide bonds. The molecular formula is C25H22N2O6. The molecule has 4 rings (SSSR count). The van der Waals surface area contributed by atoms with Gasteiger partial charge in [0.25, 0.3) is 0 Å². The predicted molar refractivity (Wildman–Crippen MR) is 119 cm³/mol. The summed E-state index contributed by atoms with van der Waals surface area (Å²) < 4.78 is 15.9. The Morgan fingerprint density at radius 1 is 0.909 bits per heavy atom. The molecule has 0 fully saturated rings. The van der Waals surface area contributed by atoms with Gasteiger partial charge in [-0.2, -0.15) is 0 Å². The van der Waals surface area contributed by atoms with Gasteiger partial charge in [0, 0.05) is 0 Å². The molecule has 0 saturated carbocycles. The Balaban J connectivity index is 1.54. The Morgan fingerprint density at radius 2 is 1.64 bits per heavy atom. The highest BCUT2D eigenvalue weighted by molar-refractivity contribution is 5.95. The predicted octanol–water partition coefficient (Wildman–Crippen LogP) is 3.97. The first-order valence-corrected chi connectivity index (χ1v) is 10.4. The summed E-state index contributed by atoms with van der Waals surface area (Å²) in [5, 5.41) is 5.18. The summed E-state index contributed by atoms with van der Waals surface area (Å²) in [6.45, 7) is 1.49. The molecule has 168 valence electrons. The molecule has 8 heteroatoms. The Hall–Kier alpha value is -4.33. The van der Waals surface area contributed by atoms with Gasteiger partial charge >= 0.3 is 18.0 Å². The van der Waals surface area contributed by atoms with Crippen molar-refractivity contribution in [3.05, 3.63) is 95.6 Å². The first-order chi connectivity index (χ1) is 16.1. The van der Waals surface area contributed by atoms with Crippen molar-refractivity contribution >= 4 is 18.0 Å². The van der Waals surface area contributed by atoms with Crippen LogP contribution in [0.5, 0.6) is 0 Å². The van der Waals surface area contributed by atoms with Gasteiger partial charge in [-0.05, 0) is 42.3 Å². The molecule has 1 atom stereocenters. The highest BCUT2D eigenvalue weighted by Crippen LogP contribution is 2.28. The van der Waals surface area contributed by atoms with E-state index in [1.54, 1.807) is 31.2 Å². The zero-order chi connectivity index (χ0) is 23.2. The SMILES string of the molecule is CCOC(=O)C1=C(COC(=O)c2ccc(-c3ccccc3)cc2)NC(=O)NC1c1ccco1. The third-order valence-electron chi connectivity index (χ3n) is 5.05. The topological polar surface area (TPSA) is 107 Å². The minimum absolute atomic E-state index is 0.110. The standard InChI is InChI=1S/C25H22N2O6/c1-2-31-24(29)21-19(26-25(30)27-22(21)20-9-6-14-32-20)15-33-23(28)18-12-10-17(11-13-18)16-7-4-3-5-8-16/h3-14,22H,2,15H2,1H3,(H2,26,27,30). The van der Waals surface area contributed by atoms with Gasteiger partial charge in [-0.3, -0.25) is 0 Å². The van der Waals surface area contributed by atoms with Crippen LogP contribution in [0.1, 0.15) is 29.1 Å². The number of amides is 2. The lowest BCUT2D eigenvalue weighted by Gasteiger charge is -2.27. The Bertz CT molecular complexity index is 1170. The maximum absolute atomic E-state index is 12.7. The van der Waals surface area contributed by atoms with E-state index in [1.807, 2.05) is 42.5 Å². The number of nitrogens with one attached hydrogen (secondary N) is 2. The molecule has 8 nitrogen and oxygen atoms in total. The fourth-order valence-corrected chi connectivity index (χ4v) is 3.50. The van der Waals surface area contributed by atoms with Crippen LogP contribution in [-0.2, 0) is 14.3 Å². The molecule has 0 spiro atoms. The minimum atomic E-state index is -0.869. The number of furan rings is 1. The molecular weight excluding hydrogens is 424 g/mol. The van der Waals surface area contributed by atoms with Crippen molar-refractivity contribution in [3.63, 3.8) is 0 Å². The summed E-state index contributed by atoms with van der Waals surface area (Å²) in [6.07, 6.45) is 1.44. The molecule has 2 aromatic carbocycles. The fraction of sp³-hybridized carbons (Fsp3) is 0.160. The van der Waals surface area contributed by atoms with Gasteiger partial charge in [0.05, 0.1) is 29.7 Å². The summed E-state index contributed by atoms with van der Waals surface area (Å²) in [6, 6.07) is 18.6. The third kappa shape index (κ3) is 4.95. The first-order valence-electron chi connectivity index (χ1n) is 10.4. The van der Waals surface area contributed by atoms with Crippen LogP contribution in [0.4, 0.5) is 4.79 Å². The van der Waals surface area contributed by atoms with Crippen LogP contribution in [0.2, 0.25) is 0 Å². The lowest BCUT2D eigenvalue weighted by Crippen LogP contribution is -2.47. The van der Waals surface area contributed by atoms with Crippen molar-refractivity contribution in [2.24, 2.45) is 0 Å². The second-order valence-corrected chi connectivity index (χ2v) is 7.18. The Morgan fingerprint density at radius 3 is 2.30 bits per heavy atom. The van der Waals surface area contributed by atoms with Crippen molar-refractivity contribution in [1.82, 2.24) is 10.6 Å². The quantitative estimate of drug-likeness (QED) is 0.532. The molecule has 1 aliphatic rings. The van der Waals surface area contributed by atoms with Crippen molar-refractivity contribution in [2.75, 3.05) is 13.2 Å². The van der Waals surface area contributed by atoms with E-state index < -0.39 is 24.0 Å². The molecule has 1 aliphatic heterocycles. The van der Waals surface area contributed by atoms with E-state index in [4.69, 9.17) is 13.9 Å². The maximum Gasteiger partial charge on any atom is 0.338 e. The summed E-state index contributed by atoms with van der Waals surface area (Å²) >= 11 is 0. The van der Waals surface area contributed by atoms with Crippen molar-refractivity contribution in [2.45, 2.75) is 13.0 Å². The van der Waals surface area contributed by atoms with Crippen LogP contribution in [0.15, 0.2) is 88.7 Å². The van der Waals surface area contributed by atoms with Crippen LogP contribution in [-0.4, -0.2) is 31.2 Å². The van der Waals surface area contributed by atoms with Gasteiger partial charge in [0.15, 0.2) is 0 Å². The zero-order valence-electron chi connectivity index (χ0n) is 17.9. The van der Waals surface area contributed by atoms with Gasteiger partial charge < -0.3 is 24.5 Å². The van der Waals surface area contributed by atoms with Crippen LogP contribution in [0.3, 0.4) is 0 Å². The zero-order valence-corrected chi connectivity index (χ0v) is 17.9. The lowest BCUT2D eigenvalue weighted by atomic mass is 10.0. The fourth-order valence-electron chi connectivity index (χ4n) is 3.50. The molecule has 2 N–H and O–H groups in total. The highest BCUT2D eigenvalue weighted by atomic mass is 16.5. The van der Waals surface area contributed by atoms with E-state index in [9.17, 15) is 14.4 Å². The van der Waals surface area contributed by atoms with Crippen LogP contribution in [0.25, 0.3) is 11.1 Å². The van der Waals surface area contributed by atoms with Gasteiger partial charge in [0.1, 0.15) is 18.4 Å². The summed E-state index contributed by atoms with van der Waals surface area (Å²) in [4.78, 5) is 37.5. The number of rotatable bonds is 7. The monoisotopic (exact) mass is 446 g/mol. The molecule has 0 saturated heterocycles. The van der Waals surface area contributed by atoms with Crippen molar-refractivity contribution < 1.29 is 28.3 Å². The highest BCUT2D eigenvalue weighted by Gasteiger charge is 2.35. The summed E-state index contributed by atoms with van der Waals surface area (Å²) in [5.74, 6) is -0.884. The minimum Gasteiger partial charge on any atom is -0.467 e. The van der Waals surface area contributed by atoms with E-state index in [0.29, 0.717) is 11.3 Å². The molecule has 0 radical (unpaired) electrons. The van der Waals surface area contributed by atoms with E-state index in [-0.39, 0.29) is 24.5 Å². The molecule has 3 aromatic rings. The molecule has 33 heavy (non-hydrogen) atoms. The van der Waals surface area contributed by atoms with E-state index >= 15 is 0 Å². The molecule has 0 aliphatic carbocycles. The number of carbonyl (C=O) groups is 3. The number of ether oxygens (including phenoxy) is 2. The van der Waals surface area contributed by atoms with E-state index in [1.165, 1.54) is 6.26 Å². The molecule has 1 unspecified atom stereocenters. The largest absolute Gasteiger partial charge is 0.467 e. The lowest BCUT2D eigenvalue weighted by molar-refractivity contribution is -0.139. The Labute approximate surface area is 190 Å². The van der Waals surface area contributed by atoms with Gasteiger partial charge in [-0.15, -0.1) is 0 Å². The van der Waals surface area contributed by atoms with Gasteiger partial charge in [-0.25, -0.2) is 14.4 Å². The molecule has 0 bridgehead atoms. The van der Waals surface area contributed by atoms with Gasteiger partial charge in [0.2, 0.25) is 0 Å². The molecule has 2 heterocycles. The first kappa shape index (κ1) is 21.9.